The molecular formula is C18H29NO2. The number of methoxy groups -OCH3 is 1. The molecule has 1 aromatic carbocycles. The summed E-state index contributed by atoms with van der Waals surface area (Å²) in [6.07, 6.45) is 6.58. The quantitative estimate of drug-likeness (QED) is 0.877. The Morgan fingerprint density at radius 2 is 1.81 bits per heavy atom. The molecule has 3 nitrogen and oxygen atoms in total. The minimum absolute atomic E-state index is 0.116. The van der Waals surface area contributed by atoms with Crippen molar-refractivity contribution in [2.45, 2.75) is 71.1 Å². The molecule has 1 aliphatic carbocycles. The molecule has 1 N–H and O–H groups in total. The van der Waals surface area contributed by atoms with Crippen LogP contribution in [0.1, 0.15) is 58.4 Å². The molecule has 0 aliphatic heterocycles. The van der Waals surface area contributed by atoms with Crippen molar-refractivity contribution in [1.29, 1.82) is 0 Å². The van der Waals surface area contributed by atoms with Gasteiger partial charge in [0.15, 0.2) is 11.5 Å². The summed E-state index contributed by atoms with van der Waals surface area (Å²) >= 11 is 0. The van der Waals surface area contributed by atoms with Gasteiger partial charge in [0.05, 0.1) is 13.2 Å². The summed E-state index contributed by atoms with van der Waals surface area (Å²) < 4.78 is 11.6. The van der Waals surface area contributed by atoms with Gasteiger partial charge in [-0.15, -0.1) is 0 Å². The fraction of sp³-hybridized carbons (Fsp3) is 0.667. The summed E-state index contributed by atoms with van der Waals surface area (Å²) in [6.45, 7) is 7.35. The molecule has 2 rings (SSSR count). The lowest BCUT2D eigenvalue weighted by Crippen LogP contribution is -2.35. The van der Waals surface area contributed by atoms with E-state index in [9.17, 15) is 0 Å². The number of hydrogen-bond acceptors (Lipinski definition) is 3. The maximum absolute atomic E-state index is 6.13. The molecule has 21 heavy (non-hydrogen) atoms. The van der Waals surface area contributed by atoms with Crippen molar-refractivity contribution in [3.63, 3.8) is 0 Å². The Morgan fingerprint density at radius 1 is 1.10 bits per heavy atom. The van der Waals surface area contributed by atoms with Crippen LogP contribution in [-0.2, 0) is 6.54 Å². The van der Waals surface area contributed by atoms with Gasteiger partial charge in [0.2, 0.25) is 0 Å². The molecule has 0 unspecified atom stereocenters. The second-order valence-electron chi connectivity index (χ2n) is 6.97. The molecule has 3 heteroatoms. The van der Waals surface area contributed by atoms with Gasteiger partial charge < -0.3 is 14.8 Å². The Hall–Kier alpha value is -1.22. The lowest BCUT2D eigenvalue weighted by molar-refractivity contribution is 0.149. The van der Waals surface area contributed by atoms with E-state index < -0.39 is 0 Å². The number of rotatable bonds is 5. The van der Waals surface area contributed by atoms with Crippen molar-refractivity contribution >= 4 is 0 Å². The molecular weight excluding hydrogens is 262 g/mol. The first kappa shape index (κ1) is 16.2. The van der Waals surface area contributed by atoms with E-state index in [4.69, 9.17) is 9.47 Å². The van der Waals surface area contributed by atoms with E-state index in [0.29, 0.717) is 6.10 Å². The van der Waals surface area contributed by atoms with Crippen LogP contribution >= 0.6 is 0 Å². The fourth-order valence-corrected chi connectivity index (χ4v) is 2.65. The zero-order valence-electron chi connectivity index (χ0n) is 13.9. The van der Waals surface area contributed by atoms with Crippen LogP contribution in [0, 0.1) is 0 Å². The zero-order valence-corrected chi connectivity index (χ0v) is 13.9. The summed E-state index contributed by atoms with van der Waals surface area (Å²) in [5.74, 6) is 1.72. The normalized spacial score (nSPS) is 16.8. The van der Waals surface area contributed by atoms with Gasteiger partial charge in [-0.25, -0.2) is 0 Å². The van der Waals surface area contributed by atoms with E-state index in [-0.39, 0.29) is 5.54 Å². The van der Waals surface area contributed by atoms with E-state index in [2.05, 4.69) is 38.2 Å². The summed E-state index contributed by atoms with van der Waals surface area (Å²) in [7, 11) is 1.71. The Kier molecular flexibility index (Phi) is 5.51. The van der Waals surface area contributed by atoms with Crippen molar-refractivity contribution < 1.29 is 9.47 Å². The van der Waals surface area contributed by atoms with Crippen molar-refractivity contribution in [2.75, 3.05) is 7.11 Å². The Morgan fingerprint density at radius 3 is 2.43 bits per heavy atom. The van der Waals surface area contributed by atoms with Crippen LogP contribution in [-0.4, -0.2) is 18.8 Å². The summed E-state index contributed by atoms with van der Waals surface area (Å²) in [4.78, 5) is 0. The number of ether oxygens (including phenoxy) is 2. The van der Waals surface area contributed by atoms with Gasteiger partial charge in [-0.05, 0) is 64.2 Å². The first-order chi connectivity index (χ1) is 9.98. The minimum Gasteiger partial charge on any atom is -0.493 e. The average molecular weight is 291 g/mol. The van der Waals surface area contributed by atoms with Gasteiger partial charge >= 0.3 is 0 Å². The van der Waals surface area contributed by atoms with Crippen molar-refractivity contribution in [2.24, 2.45) is 0 Å². The maximum atomic E-state index is 6.13. The Labute approximate surface area is 129 Å². The van der Waals surface area contributed by atoms with E-state index in [1.165, 1.54) is 24.8 Å². The Balaban J connectivity index is 2.01. The van der Waals surface area contributed by atoms with Gasteiger partial charge in [0.25, 0.3) is 0 Å². The van der Waals surface area contributed by atoms with Gasteiger partial charge in [-0.1, -0.05) is 12.5 Å². The molecule has 1 aliphatic rings. The average Bonchev–Trinajstić information content (AvgIpc) is 2.46. The van der Waals surface area contributed by atoms with Crippen LogP contribution in [0.25, 0.3) is 0 Å². The molecule has 0 aromatic heterocycles. The second-order valence-corrected chi connectivity index (χ2v) is 6.97. The first-order valence-electron chi connectivity index (χ1n) is 8.06. The molecule has 0 bridgehead atoms. The minimum atomic E-state index is 0.116. The van der Waals surface area contributed by atoms with Crippen LogP contribution in [0.15, 0.2) is 18.2 Å². The highest BCUT2D eigenvalue weighted by atomic mass is 16.5. The largest absolute Gasteiger partial charge is 0.493 e. The molecule has 0 atom stereocenters. The summed E-state index contributed by atoms with van der Waals surface area (Å²) in [6, 6.07) is 6.25. The molecule has 0 spiro atoms. The van der Waals surface area contributed by atoms with E-state index in [1.807, 2.05) is 6.07 Å². The third-order valence-electron chi connectivity index (χ3n) is 3.90. The van der Waals surface area contributed by atoms with E-state index in [1.54, 1.807) is 7.11 Å². The lowest BCUT2D eigenvalue weighted by atomic mass is 9.98. The molecule has 1 saturated carbocycles. The summed E-state index contributed by atoms with van der Waals surface area (Å²) in [5, 5.41) is 3.49. The monoisotopic (exact) mass is 291 g/mol. The van der Waals surface area contributed by atoms with E-state index >= 15 is 0 Å². The molecule has 118 valence electrons. The predicted molar refractivity (Wildman–Crippen MR) is 87.1 cm³/mol. The van der Waals surface area contributed by atoms with Crippen molar-refractivity contribution in [3.8, 4) is 11.5 Å². The molecule has 1 fully saturated rings. The second kappa shape index (κ2) is 7.17. The SMILES string of the molecule is COc1cc(CNC(C)(C)C)ccc1OC1CCCCC1. The lowest BCUT2D eigenvalue weighted by Gasteiger charge is -2.24. The molecule has 0 heterocycles. The van der Waals surface area contributed by atoms with E-state index in [0.717, 1.165) is 30.9 Å². The Bertz CT molecular complexity index is 445. The fourth-order valence-electron chi connectivity index (χ4n) is 2.65. The van der Waals surface area contributed by atoms with Gasteiger partial charge in [-0.3, -0.25) is 0 Å². The highest BCUT2D eigenvalue weighted by Gasteiger charge is 2.17. The van der Waals surface area contributed by atoms with Gasteiger partial charge in [0.1, 0.15) is 0 Å². The third kappa shape index (κ3) is 5.24. The molecule has 0 radical (unpaired) electrons. The number of hydrogen-bond donors (Lipinski definition) is 1. The van der Waals surface area contributed by atoms with Crippen LogP contribution in [0.3, 0.4) is 0 Å². The molecule has 0 saturated heterocycles. The van der Waals surface area contributed by atoms with Crippen LogP contribution < -0.4 is 14.8 Å². The highest BCUT2D eigenvalue weighted by molar-refractivity contribution is 5.43. The predicted octanol–water partition coefficient (Wildman–Crippen LogP) is 4.29. The van der Waals surface area contributed by atoms with Crippen LogP contribution in [0.4, 0.5) is 0 Å². The van der Waals surface area contributed by atoms with Gasteiger partial charge in [0, 0.05) is 12.1 Å². The highest BCUT2D eigenvalue weighted by Crippen LogP contribution is 2.32. The standard InChI is InChI=1S/C18H29NO2/c1-18(2,3)19-13-14-10-11-16(17(12-14)20-4)21-15-8-6-5-7-9-15/h10-12,15,19H,5-9,13H2,1-4H3. The van der Waals surface area contributed by atoms with Crippen LogP contribution in [0.2, 0.25) is 0 Å². The van der Waals surface area contributed by atoms with Gasteiger partial charge in [-0.2, -0.15) is 0 Å². The molecule has 0 amide bonds. The van der Waals surface area contributed by atoms with Crippen LogP contribution in [0.5, 0.6) is 11.5 Å². The third-order valence-corrected chi connectivity index (χ3v) is 3.90. The number of nitrogens with one attached hydrogen (secondary N) is 1. The van der Waals surface area contributed by atoms with Crippen molar-refractivity contribution in [3.05, 3.63) is 23.8 Å². The zero-order chi connectivity index (χ0) is 15.3. The number of benzene rings is 1. The first-order valence-corrected chi connectivity index (χ1v) is 8.06. The summed E-state index contributed by atoms with van der Waals surface area (Å²) in [5.41, 5.74) is 1.34. The molecule has 1 aromatic rings. The topological polar surface area (TPSA) is 30.5 Å². The maximum Gasteiger partial charge on any atom is 0.161 e. The van der Waals surface area contributed by atoms with Crippen molar-refractivity contribution in [1.82, 2.24) is 5.32 Å². The smallest absolute Gasteiger partial charge is 0.161 e.